The fourth-order valence-corrected chi connectivity index (χ4v) is 2.53. The minimum Gasteiger partial charge on any atom is -0.454 e. The van der Waals surface area contributed by atoms with Gasteiger partial charge in [-0.15, -0.1) is 0 Å². The van der Waals surface area contributed by atoms with Crippen molar-refractivity contribution in [3.63, 3.8) is 0 Å². The van der Waals surface area contributed by atoms with Gasteiger partial charge in [-0.2, -0.15) is 0 Å². The molecule has 140 valence electrons. The molecule has 2 N–H and O–H groups in total. The van der Waals surface area contributed by atoms with E-state index in [2.05, 4.69) is 15.6 Å². The Morgan fingerprint density at radius 2 is 1.78 bits per heavy atom. The van der Waals surface area contributed by atoms with E-state index in [1.807, 2.05) is 50.2 Å². The molecule has 0 aliphatic heterocycles. The van der Waals surface area contributed by atoms with Crippen LogP contribution in [-0.2, 0) is 16.1 Å². The molecule has 3 aromatic rings. The zero-order chi connectivity index (χ0) is 19.2. The van der Waals surface area contributed by atoms with Crippen LogP contribution in [0.1, 0.15) is 19.7 Å². The molecule has 0 aliphatic rings. The van der Waals surface area contributed by atoms with Gasteiger partial charge < -0.3 is 19.8 Å². The van der Waals surface area contributed by atoms with E-state index >= 15 is 0 Å². The second-order valence-corrected chi connectivity index (χ2v) is 6.37. The molecule has 0 radical (unpaired) electrons. The van der Waals surface area contributed by atoms with Crippen LogP contribution in [0.25, 0.3) is 11.1 Å². The molecule has 0 fully saturated rings. The van der Waals surface area contributed by atoms with Gasteiger partial charge in [-0.25, -0.2) is 14.6 Å². The van der Waals surface area contributed by atoms with Crippen molar-refractivity contribution in [3.05, 3.63) is 60.5 Å². The number of aromatic nitrogens is 1. The Balaban J connectivity index is 1.58. The predicted molar refractivity (Wildman–Crippen MR) is 101 cm³/mol. The van der Waals surface area contributed by atoms with Crippen molar-refractivity contribution in [2.75, 3.05) is 5.32 Å². The molecule has 3 rings (SSSR count). The van der Waals surface area contributed by atoms with Crippen molar-refractivity contribution >= 4 is 28.8 Å². The third-order valence-electron chi connectivity index (χ3n) is 3.91. The summed E-state index contributed by atoms with van der Waals surface area (Å²) in [5.74, 6) is -0.390. The van der Waals surface area contributed by atoms with Crippen molar-refractivity contribution in [1.29, 1.82) is 0 Å². The number of rotatable bonds is 6. The lowest BCUT2D eigenvalue weighted by Gasteiger charge is -2.20. The highest BCUT2D eigenvalue weighted by atomic mass is 16.5. The molecule has 7 nitrogen and oxygen atoms in total. The Bertz CT molecular complexity index is 888. The number of nitrogens with zero attached hydrogens (tertiary/aromatic N) is 1. The first-order valence-electron chi connectivity index (χ1n) is 8.66. The number of hydrogen-bond donors (Lipinski definition) is 2. The third-order valence-corrected chi connectivity index (χ3v) is 3.91. The number of para-hydroxylation sites is 3. The second kappa shape index (κ2) is 8.35. The number of hydrogen-bond acceptors (Lipinski definition) is 5. The fourth-order valence-electron chi connectivity index (χ4n) is 2.53. The zero-order valence-corrected chi connectivity index (χ0v) is 15.1. The van der Waals surface area contributed by atoms with E-state index in [0.717, 1.165) is 0 Å². The Morgan fingerprint density at radius 3 is 2.48 bits per heavy atom. The van der Waals surface area contributed by atoms with E-state index in [1.165, 1.54) is 0 Å². The highest BCUT2D eigenvalue weighted by molar-refractivity contribution is 5.92. The number of oxazole rings is 1. The average molecular weight is 367 g/mol. The molecule has 1 atom stereocenters. The summed E-state index contributed by atoms with van der Waals surface area (Å²) >= 11 is 0. The van der Waals surface area contributed by atoms with E-state index in [4.69, 9.17) is 9.15 Å². The lowest BCUT2D eigenvalue weighted by atomic mass is 10.1. The molecule has 2 amide bonds. The summed E-state index contributed by atoms with van der Waals surface area (Å²) in [6.07, 6.45) is 0. The normalized spacial score (nSPS) is 12.0. The molecule has 0 aliphatic carbocycles. The smallest absolute Gasteiger partial charge is 0.329 e. The highest BCUT2D eigenvalue weighted by Gasteiger charge is 2.26. The number of nitrogens with one attached hydrogen (secondary N) is 2. The van der Waals surface area contributed by atoms with Crippen LogP contribution in [0.5, 0.6) is 0 Å². The maximum absolute atomic E-state index is 12.4. The quantitative estimate of drug-likeness (QED) is 0.648. The second-order valence-electron chi connectivity index (χ2n) is 6.37. The van der Waals surface area contributed by atoms with Gasteiger partial charge in [0, 0.05) is 5.69 Å². The van der Waals surface area contributed by atoms with E-state index in [1.54, 1.807) is 18.2 Å². The Hall–Kier alpha value is -3.35. The van der Waals surface area contributed by atoms with Gasteiger partial charge in [0.05, 0.1) is 0 Å². The summed E-state index contributed by atoms with van der Waals surface area (Å²) in [7, 11) is 0. The molecular formula is C20H21N3O4. The van der Waals surface area contributed by atoms with Crippen LogP contribution in [0.2, 0.25) is 0 Å². The molecule has 7 heteroatoms. The van der Waals surface area contributed by atoms with Crippen LogP contribution in [0, 0.1) is 5.92 Å². The van der Waals surface area contributed by atoms with Gasteiger partial charge in [0.1, 0.15) is 11.6 Å². The highest BCUT2D eigenvalue weighted by Crippen LogP contribution is 2.16. The molecule has 27 heavy (non-hydrogen) atoms. The van der Waals surface area contributed by atoms with Crippen molar-refractivity contribution in [1.82, 2.24) is 10.3 Å². The van der Waals surface area contributed by atoms with Gasteiger partial charge in [-0.05, 0) is 30.2 Å². The number of benzene rings is 2. The maximum Gasteiger partial charge on any atom is 0.329 e. The molecule has 0 saturated heterocycles. The van der Waals surface area contributed by atoms with Gasteiger partial charge in [0.15, 0.2) is 12.2 Å². The molecule has 1 heterocycles. The van der Waals surface area contributed by atoms with Crippen molar-refractivity contribution in [3.8, 4) is 0 Å². The average Bonchev–Trinajstić information content (AvgIpc) is 3.08. The van der Waals surface area contributed by atoms with E-state index in [9.17, 15) is 9.59 Å². The number of amides is 2. The molecule has 1 aromatic heterocycles. The van der Waals surface area contributed by atoms with Crippen LogP contribution >= 0.6 is 0 Å². The van der Waals surface area contributed by atoms with Gasteiger partial charge in [0.2, 0.25) is 5.89 Å². The standard InChI is InChI=1S/C20H21N3O4/c1-13(2)18(23-20(25)21-14-8-4-3-5-9-14)19(24)26-12-17-22-15-10-6-7-11-16(15)27-17/h3-11,13,18H,12H2,1-2H3,(H2,21,23,25)/t18-/m1/s1. The summed E-state index contributed by atoms with van der Waals surface area (Å²) in [6, 6.07) is 15.0. The van der Waals surface area contributed by atoms with Crippen LogP contribution in [0.15, 0.2) is 59.0 Å². The Labute approximate surface area is 156 Å². The monoisotopic (exact) mass is 367 g/mol. The number of anilines is 1. The summed E-state index contributed by atoms with van der Waals surface area (Å²) in [5, 5.41) is 5.34. The molecule has 2 aromatic carbocycles. The van der Waals surface area contributed by atoms with Gasteiger partial charge in [-0.1, -0.05) is 44.2 Å². The Morgan fingerprint density at radius 1 is 1.07 bits per heavy atom. The Kier molecular flexibility index (Phi) is 5.71. The molecule has 0 saturated carbocycles. The van der Waals surface area contributed by atoms with Crippen molar-refractivity contribution in [2.45, 2.75) is 26.5 Å². The van der Waals surface area contributed by atoms with Crippen LogP contribution in [0.4, 0.5) is 10.5 Å². The number of urea groups is 1. The minimum absolute atomic E-state index is 0.0985. The number of ether oxygens (including phenoxy) is 1. The van der Waals surface area contributed by atoms with Crippen LogP contribution < -0.4 is 10.6 Å². The first-order chi connectivity index (χ1) is 13.0. The summed E-state index contributed by atoms with van der Waals surface area (Å²) in [5.41, 5.74) is 1.96. The fraction of sp³-hybridized carbons (Fsp3) is 0.250. The van der Waals surface area contributed by atoms with E-state index in [-0.39, 0.29) is 12.5 Å². The van der Waals surface area contributed by atoms with Gasteiger partial charge in [-0.3, -0.25) is 0 Å². The molecular weight excluding hydrogens is 346 g/mol. The maximum atomic E-state index is 12.4. The summed E-state index contributed by atoms with van der Waals surface area (Å²) in [6.45, 7) is 3.56. The number of carbonyl (C=O) groups is 2. The largest absolute Gasteiger partial charge is 0.454 e. The first kappa shape index (κ1) is 18.4. The molecule has 0 unspecified atom stereocenters. The van der Waals surface area contributed by atoms with E-state index < -0.39 is 18.0 Å². The predicted octanol–water partition coefficient (Wildman–Crippen LogP) is 3.72. The topological polar surface area (TPSA) is 93.5 Å². The van der Waals surface area contributed by atoms with Crippen molar-refractivity contribution in [2.24, 2.45) is 5.92 Å². The molecule has 0 spiro atoms. The van der Waals surface area contributed by atoms with Crippen LogP contribution in [0.3, 0.4) is 0 Å². The van der Waals surface area contributed by atoms with Crippen molar-refractivity contribution < 1.29 is 18.7 Å². The molecule has 0 bridgehead atoms. The number of esters is 1. The zero-order valence-electron chi connectivity index (χ0n) is 15.1. The van der Waals surface area contributed by atoms with Gasteiger partial charge in [0.25, 0.3) is 0 Å². The third kappa shape index (κ3) is 4.84. The number of fused-ring (bicyclic) bond motifs is 1. The van der Waals surface area contributed by atoms with E-state index in [0.29, 0.717) is 22.7 Å². The first-order valence-corrected chi connectivity index (χ1v) is 8.66. The SMILES string of the molecule is CC(C)[C@@H](NC(=O)Nc1ccccc1)C(=O)OCc1nc2ccccc2o1. The number of carbonyl (C=O) groups excluding carboxylic acids is 2. The van der Waals surface area contributed by atoms with Crippen LogP contribution in [-0.4, -0.2) is 23.0 Å². The lowest BCUT2D eigenvalue weighted by molar-refractivity contribution is -0.149. The summed E-state index contributed by atoms with van der Waals surface area (Å²) in [4.78, 5) is 28.9. The minimum atomic E-state index is -0.793. The lowest BCUT2D eigenvalue weighted by Crippen LogP contribution is -2.47. The van der Waals surface area contributed by atoms with Gasteiger partial charge >= 0.3 is 12.0 Å². The summed E-state index contributed by atoms with van der Waals surface area (Å²) < 4.78 is 10.8.